The van der Waals surface area contributed by atoms with Crippen LogP contribution in [0, 0.1) is 5.82 Å². The van der Waals surface area contributed by atoms with Crippen LogP contribution in [0.5, 0.6) is 0 Å². The van der Waals surface area contributed by atoms with Crippen molar-refractivity contribution in [3.63, 3.8) is 0 Å². The molecule has 2 fully saturated rings. The van der Waals surface area contributed by atoms with Crippen molar-refractivity contribution in [3.8, 4) is 0 Å². The van der Waals surface area contributed by atoms with Crippen molar-refractivity contribution < 1.29 is 27.6 Å². The lowest BCUT2D eigenvalue weighted by molar-refractivity contribution is -0.133. The van der Waals surface area contributed by atoms with E-state index < -0.39 is 54.5 Å². The van der Waals surface area contributed by atoms with Gasteiger partial charge in [-0.1, -0.05) is 35.9 Å². The number of halogens is 4. The van der Waals surface area contributed by atoms with Crippen molar-refractivity contribution in [1.82, 2.24) is 10.3 Å². The molecule has 7 nitrogen and oxygen atoms in total. The van der Waals surface area contributed by atoms with Crippen molar-refractivity contribution in [2.75, 3.05) is 9.80 Å². The number of hydrogen-bond acceptors (Lipinski definition) is 5. The summed E-state index contributed by atoms with van der Waals surface area (Å²) in [5.41, 5.74) is 1.80. The van der Waals surface area contributed by atoms with Gasteiger partial charge >= 0.3 is 0 Å². The predicted molar refractivity (Wildman–Crippen MR) is 137 cm³/mol. The Morgan fingerprint density at radius 1 is 1.18 bits per heavy atom. The first kappa shape index (κ1) is 26.2. The van der Waals surface area contributed by atoms with Crippen LogP contribution in [0.2, 0.25) is 5.02 Å². The summed E-state index contributed by atoms with van der Waals surface area (Å²) in [5, 5.41) is 4.38. The Morgan fingerprint density at radius 3 is 2.61 bits per heavy atom. The van der Waals surface area contributed by atoms with Crippen molar-refractivity contribution in [3.05, 3.63) is 75.8 Å². The molecule has 2 aliphatic rings. The molecule has 38 heavy (non-hydrogen) atoms. The molecule has 2 heterocycles. The summed E-state index contributed by atoms with van der Waals surface area (Å²) in [7, 11) is 0. The van der Waals surface area contributed by atoms with Crippen LogP contribution in [-0.2, 0) is 14.4 Å². The third-order valence-electron chi connectivity index (χ3n) is 6.63. The molecule has 3 aromatic rings. The van der Waals surface area contributed by atoms with Crippen LogP contribution in [0.3, 0.4) is 0 Å². The minimum atomic E-state index is -2.88. The lowest BCUT2D eigenvalue weighted by Crippen LogP contribution is -2.56. The van der Waals surface area contributed by atoms with E-state index in [-0.39, 0.29) is 35.0 Å². The van der Waals surface area contributed by atoms with Gasteiger partial charge in [0.1, 0.15) is 23.7 Å². The number of hydrogen-bond donors (Lipinski definition) is 1. The van der Waals surface area contributed by atoms with E-state index in [1.165, 1.54) is 46.0 Å². The lowest BCUT2D eigenvalue weighted by Gasteiger charge is -2.39. The topological polar surface area (TPSA) is 82.6 Å². The number of rotatable bonds is 7. The molecular weight excluding hydrogens is 541 g/mol. The fraction of sp³-hybridized carbons (Fsp3) is 0.308. The summed E-state index contributed by atoms with van der Waals surface area (Å²) in [6.07, 6.45) is -0.842. The normalized spacial score (nSPS) is 19.6. The first-order valence-corrected chi connectivity index (χ1v) is 13.2. The lowest BCUT2D eigenvalue weighted by atomic mass is 9.87. The zero-order chi connectivity index (χ0) is 27.0. The monoisotopic (exact) mass is 562 g/mol. The Kier molecular flexibility index (Phi) is 7.15. The van der Waals surface area contributed by atoms with Crippen molar-refractivity contribution in [2.24, 2.45) is 0 Å². The Hall–Kier alpha value is -3.44. The Morgan fingerprint density at radius 2 is 1.95 bits per heavy atom. The van der Waals surface area contributed by atoms with Crippen LogP contribution in [0.4, 0.5) is 24.7 Å². The molecule has 12 heteroatoms. The molecule has 1 aromatic heterocycles. The van der Waals surface area contributed by atoms with Crippen molar-refractivity contribution in [2.45, 2.75) is 49.7 Å². The van der Waals surface area contributed by atoms with E-state index in [0.29, 0.717) is 5.82 Å². The van der Waals surface area contributed by atoms with E-state index >= 15 is 0 Å². The second-order valence-corrected chi connectivity index (χ2v) is 10.4. The molecular formula is C26H22ClF3N4O3S. The van der Waals surface area contributed by atoms with Gasteiger partial charge in [0.2, 0.25) is 11.8 Å². The summed E-state index contributed by atoms with van der Waals surface area (Å²) >= 11 is 7.72. The van der Waals surface area contributed by atoms with Gasteiger partial charge in [0.05, 0.1) is 5.51 Å². The van der Waals surface area contributed by atoms with Crippen LogP contribution >= 0.6 is 22.9 Å². The fourth-order valence-electron chi connectivity index (χ4n) is 4.86. The van der Waals surface area contributed by atoms with Gasteiger partial charge in [0.25, 0.3) is 11.8 Å². The van der Waals surface area contributed by atoms with Gasteiger partial charge in [-0.05, 0) is 30.7 Å². The van der Waals surface area contributed by atoms with Gasteiger partial charge in [-0.25, -0.2) is 18.2 Å². The molecule has 1 saturated heterocycles. The van der Waals surface area contributed by atoms with Gasteiger partial charge < -0.3 is 5.32 Å². The fourth-order valence-corrected chi connectivity index (χ4v) is 5.62. The number of amides is 3. The zero-order valence-corrected chi connectivity index (χ0v) is 21.4. The first-order valence-electron chi connectivity index (χ1n) is 11.9. The summed E-state index contributed by atoms with van der Waals surface area (Å²) in [6.45, 7) is 0. The highest BCUT2D eigenvalue weighted by Crippen LogP contribution is 2.39. The number of anilines is 2. The molecule has 0 radical (unpaired) electrons. The molecule has 0 bridgehead atoms. The Bertz CT molecular complexity index is 1370. The van der Waals surface area contributed by atoms with Gasteiger partial charge in [0, 0.05) is 47.0 Å². The van der Waals surface area contributed by atoms with E-state index in [1.54, 1.807) is 23.6 Å². The third kappa shape index (κ3) is 5.12. The number of carbonyl (C=O) groups is 3. The smallest absolute Gasteiger partial charge is 0.252 e. The molecule has 1 aliphatic heterocycles. The summed E-state index contributed by atoms with van der Waals surface area (Å²) < 4.78 is 41.5. The average Bonchev–Trinajstić information content (AvgIpc) is 3.51. The van der Waals surface area contributed by atoms with Crippen LogP contribution in [-0.4, -0.2) is 40.7 Å². The predicted octanol–water partition coefficient (Wildman–Crippen LogP) is 5.12. The molecule has 3 amide bonds. The highest BCUT2D eigenvalue weighted by Gasteiger charge is 2.48. The molecule has 1 saturated carbocycles. The first-order chi connectivity index (χ1) is 18.1. The summed E-state index contributed by atoms with van der Waals surface area (Å²) in [6, 6.07) is 8.20. The van der Waals surface area contributed by atoms with Gasteiger partial charge in [-0.3, -0.25) is 24.2 Å². The van der Waals surface area contributed by atoms with Gasteiger partial charge in [0.15, 0.2) is 0 Å². The Labute approximate surface area is 225 Å². The van der Waals surface area contributed by atoms with Crippen LogP contribution in [0.15, 0.2) is 59.4 Å². The number of thiazole rings is 1. The molecule has 2 unspecified atom stereocenters. The van der Waals surface area contributed by atoms with E-state index in [0.717, 1.165) is 11.0 Å². The molecule has 2 aromatic carbocycles. The highest BCUT2D eigenvalue weighted by molar-refractivity contribution is 7.07. The molecule has 5 rings (SSSR count). The third-order valence-corrected chi connectivity index (χ3v) is 7.55. The number of aromatic nitrogens is 1. The van der Waals surface area contributed by atoms with Crippen LogP contribution in [0.1, 0.15) is 37.3 Å². The number of carbonyl (C=O) groups excluding carboxylic acids is 3. The minimum Gasteiger partial charge on any atom is -0.351 e. The van der Waals surface area contributed by atoms with E-state index in [2.05, 4.69) is 10.3 Å². The van der Waals surface area contributed by atoms with Crippen LogP contribution < -0.4 is 15.1 Å². The number of benzene rings is 2. The standard InChI is InChI=1S/C26H22ClF3N4O3S/c27-19-7-2-1-6-18(19)23(24(36)32-16-11-26(29,30)12-16)33(17-5-3-4-15(28)10-17)25(37)20-8-9-22(35)34(20)21-13-38-14-31-21/h1-7,10,13-14,16,20,23H,8-9,11-12H2,(H,32,36). The van der Waals surface area contributed by atoms with Crippen molar-refractivity contribution in [1.29, 1.82) is 0 Å². The Balaban J connectivity index is 1.59. The number of alkyl halides is 2. The average molecular weight is 563 g/mol. The second-order valence-electron chi connectivity index (χ2n) is 9.25. The van der Waals surface area contributed by atoms with Gasteiger partial charge in [-0.15, -0.1) is 11.3 Å². The maximum Gasteiger partial charge on any atom is 0.252 e. The molecule has 1 N–H and O–H groups in total. The SMILES string of the molecule is O=C(NC1CC(F)(F)C1)C(c1ccccc1Cl)N(C(=O)C1CCC(=O)N1c1cscn1)c1cccc(F)c1. The van der Waals surface area contributed by atoms with E-state index in [4.69, 9.17) is 11.6 Å². The summed E-state index contributed by atoms with van der Waals surface area (Å²) in [5.74, 6) is -4.96. The molecule has 2 atom stereocenters. The number of nitrogens with one attached hydrogen (secondary N) is 1. The quantitative estimate of drug-likeness (QED) is 0.433. The summed E-state index contributed by atoms with van der Waals surface area (Å²) in [4.78, 5) is 47.3. The largest absolute Gasteiger partial charge is 0.351 e. The maximum absolute atomic E-state index is 14.4. The van der Waals surface area contributed by atoms with Crippen LogP contribution in [0.25, 0.3) is 0 Å². The molecule has 0 spiro atoms. The second kappa shape index (κ2) is 10.4. The van der Waals surface area contributed by atoms with E-state index in [1.807, 2.05) is 0 Å². The minimum absolute atomic E-state index is 0.0478. The molecule has 1 aliphatic carbocycles. The molecule has 198 valence electrons. The highest BCUT2D eigenvalue weighted by atomic mass is 35.5. The zero-order valence-electron chi connectivity index (χ0n) is 19.8. The van der Waals surface area contributed by atoms with Crippen molar-refractivity contribution >= 4 is 52.2 Å². The van der Waals surface area contributed by atoms with E-state index in [9.17, 15) is 27.6 Å². The maximum atomic E-state index is 14.4. The van der Waals surface area contributed by atoms with Gasteiger partial charge in [-0.2, -0.15) is 0 Å². The number of nitrogens with zero attached hydrogens (tertiary/aromatic N) is 3.